The van der Waals surface area contributed by atoms with E-state index < -0.39 is 0 Å². The van der Waals surface area contributed by atoms with Gasteiger partial charge in [0.25, 0.3) is 0 Å². The molecule has 0 amide bonds. The summed E-state index contributed by atoms with van der Waals surface area (Å²) in [6.45, 7) is 2.27. The van der Waals surface area contributed by atoms with Gasteiger partial charge < -0.3 is 4.74 Å². The zero-order valence-electron chi connectivity index (χ0n) is 20.0. The van der Waals surface area contributed by atoms with Crippen molar-refractivity contribution in [3.8, 4) is 22.9 Å². The van der Waals surface area contributed by atoms with Crippen LogP contribution in [0.25, 0.3) is 11.1 Å². The van der Waals surface area contributed by atoms with E-state index in [9.17, 15) is 4.79 Å². The molecule has 0 N–H and O–H groups in total. The van der Waals surface area contributed by atoms with Crippen LogP contribution in [0.2, 0.25) is 0 Å². The Labute approximate surface area is 203 Å². The highest BCUT2D eigenvalue weighted by molar-refractivity contribution is 5.92. The third kappa shape index (κ3) is 5.94. The lowest BCUT2D eigenvalue weighted by molar-refractivity contribution is 0.0735. The summed E-state index contributed by atoms with van der Waals surface area (Å²) in [5.74, 6) is 1.66. The molecule has 1 saturated carbocycles. The van der Waals surface area contributed by atoms with E-state index in [1.54, 1.807) is 18.2 Å². The Morgan fingerprint density at radius 1 is 0.912 bits per heavy atom. The first-order valence-electron chi connectivity index (χ1n) is 12.6. The molecule has 1 aliphatic carbocycles. The van der Waals surface area contributed by atoms with E-state index in [1.165, 1.54) is 56.9 Å². The SMILES string of the molecule is CCCCCC1CCC(c2ccc(C(=O)Oc3ccccc3-c3ccc(C#N)cc3)cc2)CC1. The molecule has 1 aliphatic rings. The maximum Gasteiger partial charge on any atom is 0.343 e. The summed E-state index contributed by atoms with van der Waals surface area (Å²) in [5.41, 5.74) is 4.23. The lowest BCUT2D eigenvalue weighted by atomic mass is 9.77. The second kappa shape index (κ2) is 11.7. The Morgan fingerprint density at radius 2 is 1.62 bits per heavy atom. The summed E-state index contributed by atoms with van der Waals surface area (Å²) in [7, 11) is 0. The quantitative estimate of drug-likeness (QED) is 0.197. The number of esters is 1. The molecule has 4 rings (SSSR count). The number of rotatable bonds is 8. The van der Waals surface area contributed by atoms with Crippen LogP contribution in [0.4, 0.5) is 0 Å². The molecule has 3 nitrogen and oxygen atoms in total. The molecule has 3 aromatic carbocycles. The first-order chi connectivity index (χ1) is 16.7. The lowest BCUT2D eigenvalue weighted by Crippen LogP contribution is -2.14. The topological polar surface area (TPSA) is 50.1 Å². The van der Waals surface area contributed by atoms with Gasteiger partial charge in [0, 0.05) is 5.56 Å². The van der Waals surface area contributed by atoms with Crippen molar-refractivity contribution in [1.82, 2.24) is 0 Å². The van der Waals surface area contributed by atoms with Gasteiger partial charge in [0.05, 0.1) is 17.2 Å². The average molecular weight is 452 g/mol. The first kappa shape index (κ1) is 23.8. The summed E-state index contributed by atoms with van der Waals surface area (Å²) in [5, 5.41) is 9.03. The molecular formula is C31H33NO2. The van der Waals surface area contributed by atoms with E-state index in [0.29, 0.717) is 22.8 Å². The molecule has 174 valence electrons. The molecule has 0 aliphatic heterocycles. The van der Waals surface area contributed by atoms with E-state index in [0.717, 1.165) is 17.0 Å². The summed E-state index contributed by atoms with van der Waals surface area (Å²) < 4.78 is 5.78. The Kier molecular flexibility index (Phi) is 8.15. The van der Waals surface area contributed by atoms with Crippen LogP contribution in [0.1, 0.15) is 85.7 Å². The van der Waals surface area contributed by atoms with Crippen LogP contribution >= 0.6 is 0 Å². The Morgan fingerprint density at radius 3 is 2.29 bits per heavy atom. The van der Waals surface area contributed by atoms with Crippen molar-refractivity contribution in [2.24, 2.45) is 5.92 Å². The average Bonchev–Trinajstić information content (AvgIpc) is 2.90. The lowest BCUT2D eigenvalue weighted by Gasteiger charge is -2.29. The van der Waals surface area contributed by atoms with E-state index in [4.69, 9.17) is 10.00 Å². The number of hydrogen-bond acceptors (Lipinski definition) is 3. The van der Waals surface area contributed by atoms with Crippen molar-refractivity contribution in [3.05, 3.63) is 89.5 Å². The van der Waals surface area contributed by atoms with Gasteiger partial charge in [0.1, 0.15) is 5.75 Å². The minimum Gasteiger partial charge on any atom is -0.422 e. The third-order valence-corrected chi connectivity index (χ3v) is 7.10. The Bertz CT molecular complexity index is 1120. The van der Waals surface area contributed by atoms with Gasteiger partial charge in [0.15, 0.2) is 0 Å². The van der Waals surface area contributed by atoms with E-state index >= 15 is 0 Å². The highest BCUT2D eigenvalue weighted by atomic mass is 16.5. The van der Waals surface area contributed by atoms with Gasteiger partial charge in [-0.2, -0.15) is 5.26 Å². The van der Waals surface area contributed by atoms with Crippen LogP contribution in [-0.2, 0) is 0 Å². The number of nitriles is 1. The fraction of sp³-hybridized carbons (Fsp3) is 0.355. The monoisotopic (exact) mass is 451 g/mol. The molecule has 34 heavy (non-hydrogen) atoms. The maximum atomic E-state index is 12.9. The fourth-order valence-corrected chi connectivity index (χ4v) is 5.04. The van der Waals surface area contributed by atoms with Crippen LogP contribution in [0, 0.1) is 17.2 Å². The number of hydrogen-bond donors (Lipinski definition) is 0. The second-order valence-corrected chi connectivity index (χ2v) is 9.41. The number of unbranched alkanes of at least 4 members (excludes halogenated alkanes) is 2. The number of carbonyl (C=O) groups excluding carboxylic acids is 1. The van der Waals surface area contributed by atoms with Crippen molar-refractivity contribution in [2.75, 3.05) is 0 Å². The van der Waals surface area contributed by atoms with Crippen molar-refractivity contribution >= 4 is 5.97 Å². The molecule has 1 fully saturated rings. The minimum absolute atomic E-state index is 0.354. The third-order valence-electron chi connectivity index (χ3n) is 7.10. The normalized spacial score (nSPS) is 17.6. The van der Waals surface area contributed by atoms with Gasteiger partial charge >= 0.3 is 5.97 Å². The predicted molar refractivity (Wildman–Crippen MR) is 137 cm³/mol. The van der Waals surface area contributed by atoms with Crippen LogP contribution < -0.4 is 4.74 Å². The Hall–Kier alpha value is -3.38. The first-order valence-corrected chi connectivity index (χ1v) is 12.6. The largest absolute Gasteiger partial charge is 0.422 e. The molecule has 0 aromatic heterocycles. The van der Waals surface area contributed by atoms with Gasteiger partial charge in [-0.1, -0.05) is 75.1 Å². The highest BCUT2D eigenvalue weighted by Crippen LogP contribution is 2.38. The molecule has 0 unspecified atom stereocenters. The molecular weight excluding hydrogens is 418 g/mol. The van der Waals surface area contributed by atoms with E-state index in [-0.39, 0.29) is 5.97 Å². The van der Waals surface area contributed by atoms with Crippen molar-refractivity contribution < 1.29 is 9.53 Å². The Balaban J connectivity index is 1.38. The summed E-state index contributed by atoms with van der Waals surface area (Å²) >= 11 is 0. The number of para-hydroxylation sites is 1. The number of benzene rings is 3. The maximum absolute atomic E-state index is 12.9. The summed E-state index contributed by atoms with van der Waals surface area (Å²) in [6.07, 6.45) is 10.6. The molecule has 3 aromatic rings. The smallest absolute Gasteiger partial charge is 0.343 e. The van der Waals surface area contributed by atoms with Crippen molar-refractivity contribution in [1.29, 1.82) is 5.26 Å². The number of ether oxygens (including phenoxy) is 1. The van der Waals surface area contributed by atoms with Crippen molar-refractivity contribution in [3.63, 3.8) is 0 Å². The van der Waals surface area contributed by atoms with Crippen LogP contribution in [0.15, 0.2) is 72.8 Å². The molecule has 0 heterocycles. The highest BCUT2D eigenvalue weighted by Gasteiger charge is 2.22. The van der Waals surface area contributed by atoms with Gasteiger partial charge in [0.2, 0.25) is 0 Å². The van der Waals surface area contributed by atoms with Crippen LogP contribution in [0.5, 0.6) is 5.75 Å². The van der Waals surface area contributed by atoms with Crippen LogP contribution in [-0.4, -0.2) is 5.97 Å². The molecule has 0 radical (unpaired) electrons. The predicted octanol–water partition coefficient (Wildman–Crippen LogP) is 8.30. The fourth-order valence-electron chi connectivity index (χ4n) is 5.04. The van der Waals surface area contributed by atoms with Crippen molar-refractivity contribution in [2.45, 2.75) is 64.2 Å². The number of nitrogens with zero attached hydrogens (tertiary/aromatic N) is 1. The van der Waals surface area contributed by atoms with E-state index in [1.807, 2.05) is 42.5 Å². The molecule has 0 spiro atoms. The summed E-state index contributed by atoms with van der Waals surface area (Å²) in [6, 6.07) is 24.9. The molecule has 0 atom stereocenters. The number of carbonyl (C=O) groups is 1. The van der Waals surface area contributed by atoms with Crippen LogP contribution in [0.3, 0.4) is 0 Å². The molecule has 0 bridgehead atoms. The molecule has 0 saturated heterocycles. The van der Waals surface area contributed by atoms with Gasteiger partial charge in [-0.25, -0.2) is 4.79 Å². The second-order valence-electron chi connectivity index (χ2n) is 9.41. The summed E-state index contributed by atoms with van der Waals surface area (Å²) in [4.78, 5) is 12.9. The minimum atomic E-state index is -0.354. The molecule has 3 heteroatoms. The van der Waals surface area contributed by atoms with Gasteiger partial charge in [-0.3, -0.25) is 0 Å². The van der Waals surface area contributed by atoms with Gasteiger partial charge in [-0.15, -0.1) is 0 Å². The van der Waals surface area contributed by atoms with E-state index in [2.05, 4.69) is 25.1 Å². The zero-order valence-corrected chi connectivity index (χ0v) is 20.0. The zero-order chi connectivity index (χ0) is 23.8. The van der Waals surface area contributed by atoms with Gasteiger partial charge in [-0.05, 0) is 79.0 Å². The standard InChI is InChI=1S/C31H33NO2/c1-2-3-4-7-23-10-14-25(15-11-23)26-18-20-28(21-19-26)31(33)34-30-9-6-5-8-29(30)27-16-12-24(22-32)13-17-27/h5-6,8-9,12-13,16-21,23,25H,2-4,7,10-11,14-15H2,1H3.